The second-order valence-electron chi connectivity index (χ2n) is 3.34. The van der Waals surface area contributed by atoms with E-state index < -0.39 is 45.1 Å². The van der Waals surface area contributed by atoms with E-state index in [1.807, 2.05) is 0 Å². The van der Waals surface area contributed by atoms with Gasteiger partial charge in [-0.3, -0.25) is 0 Å². The summed E-state index contributed by atoms with van der Waals surface area (Å²) >= 11 is 0. The highest BCUT2D eigenvalue weighted by Gasteiger charge is 2.43. The predicted octanol–water partition coefficient (Wildman–Crippen LogP) is -4.40. The minimum atomic E-state index is -5.33. The molecular weight excluding hydrogens is 245 g/mol. The van der Waals surface area contributed by atoms with Crippen molar-refractivity contribution in [2.24, 2.45) is 5.73 Å². The molecular formula is C6H12NO8P-2. The van der Waals surface area contributed by atoms with Gasteiger partial charge in [-0.25, -0.2) is 0 Å². The van der Waals surface area contributed by atoms with E-state index in [0.717, 1.165) is 0 Å². The molecule has 9 nitrogen and oxygen atoms in total. The molecule has 1 fully saturated rings. The molecule has 1 saturated heterocycles. The minimum absolute atomic E-state index is 0.688. The maximum atomic E-state index is 10.3. The Kier molecular flexibility index (Phi) is 4.41. The Bertz CT molecular complexity index is 280. The summed E-state index contributed by atoms with van der Waals surface area (Å²) in [6.07, 6.45) is -6.05. The summed E-state index contributed by atoms with van der Waals surface area (Å²) in [5.41, 5.74) is 5.30. The van der Waals surface area contributed by atoms with Crippen molar-refractivity contribution in [1.82, 2.24) is 0 Å². The smallest absolute Gasteiger partial charge is 0.180 e. The highest BCUT2D eigenvalue weighted by molar-refractivity contribution is 7.43. The van der Waals surface area contributed by atoms with Crippen molar-refractivity contribution in [3.05, 3.63) is 0 Å². The summed E-state index contributed by atoms with van der Waals surface area (Å²) in [5.74, 6) is 0. The Hall–Kier alpha value is -0.0900. The van der Waals surface area contributed by atoms with Gasteiger partial charge in [0.15, 0.2) is 6.29 Å². The van der Waals surface area contributed by atoms with Gasteiger partial charge >= 0.3 is 0 Å². The van der Waals surface area contributed by atoms with E-state index in [9.17, 15) is 24.6 Å². The lowest BCUT2D eigenvalue weighted by Gasteiger charge is -2.43. The lowest BCUT2D eigenvalue weighted by atomic mass is 9.98. The van der Waals surface area contributed by atoms with E-state index in [2.05, 4.69) is 4.52 Å². The second-order valence-corrected chi connectivity index (χ2v) is 4.44. The van der Waals surface area contributed by atoms with Crippen LogP contribution in [-0.2, 0) is 13.8 Å². The average Bonchev–Trinajstić information content (AvgIpc) is 2.17. The lowest BCUT2D eigenvalue weighted by Crippen LogP contribution is -2.62. The minimum Gasteiger partial charge on any atom is -0.790 e. The standard InChI is InChI=1S/C6H14NO8P/c7-3-5(10)4(9)2(1-8)14-6(3)15-16(11,12)13/h2-6,8-10H,1,7H2,(H2,11,12,13)/p-2/t2?,3-,4+,5?,6+/m1/s1. The fraction of sp³-hybridized carbons (Fsp3) is 1.00. The molecule has 2 unspecified atom stereocenters. The number of hydrogen-bond donors (Lipinski definition) is 4. The third-order valence-electron chi connectivity index (χ3n) is 2.16. The molecule has 0 amide bonds. The molecule has 0 aromatic carbocycles. The molecule has 0 spiro atoms. The van der Waals surface area contributed by atoms with Crippen molar-refractivity contribution < 1.29 is 38.9 Å². The molecule has 96 valence electrons. The van der Waals surface area contributed by atoms with Crippen LogP contribution in [0.2, 0.25) is 0 Å². The molecule has 1 heterocycles. The predicted molar refractivity (Wildman–Crippen MR) is 44.4 cm³/mol. The lowest BCUT2D eigenvalue weighted by molar-refractivity contribution is -0.361. The van der Waals surface area contributed by atoms with Gasteiger partial charge < -0.3 is 44.7 Å². The average molecular weight is 257 g/mol. The van der Waals surface area contributed by atoms with Crippen LogP contribution in [0.4, 0.5) is 0 Å². The molecule has 5 atom stereocenters. The van der Waals surface area contributed by atoms with Crippen LogP contribution >= 0.6 is 7.82 Å². The monoisotopic (exact) mass is 257 g/mol. The van der Waals surface area contributed by atoms with Crippen molar-refractivity contribution in [1.29, 1.82) is 0 Å². The van der Waals surface area contributed by atoms with Gasteiger partial charge in [0.2, 0.25) is 0 Å². The quantitative estimate of drug-likeness (QED) is 0.364. The van der Waals surface area contributed by atoms with Crippen molar-refractivity contribution in [2.45, 2.75) is 30.6 Å². The van der Waals surface area contributed by atoms with Gasteiger partial charge in [0.05, 0.1) is 20.5 Å². The van der Waals surface area contributed by atoms with Crippen LogP contribution < -0.4 is 15.5 Å². The van der Waals surface area contributed by atoms with E-state index >= 15 is 0 Å². The number of rotatable bonds is 3. The maximum absolute atomic E-state index is 10.3. The molecule has 16 heavy (non-hydrogen) atoms. The molecule has 0 bridgehead atoms. The van der Waals surface area contributed by atoms with Crippen molar-refractivity contribution >= 4 is 7.82 Å². The number of hydrogen-bond acceptors (Lipinski definition) is 9. The molecule has 0 aromatic rings. The third-order valence-corrected chi connectivity index (χ3v) is 2.63. The van der Waals surface area contributed by atoms with E-state index in [1.54, 1.807) is 0 Å². The first-order valence-corrected chi connectivity index (χ1v) is 5.81. The number of phosphoric ester groups is 1. The molecule has 0 aromatic heterocycles. The highest BCUT2D eigenvalue weighted by Crippen LogP contribution is 2.32. The van der Waals surface area contributed by atoms with Crippen LogP contribution in [0.15, 0.2) is 0 Å². The van der Waals surface area contributed by atoms with Crippen molar-refractivity contribution in [3.8, 4) is 0 Å². The maximum Gasteiger partial charge on any atom is 0.180 e. The van der Waals surface area contributed by atoms with Gasteiger partial charge in [0.1, 0.15) is 18.3 Å². The first-order valence-electron chi connectivity index (χ1n) is 4.34. The topological polar surface area (TPSA) is 168 Å². The van der Waals surface area contributed by atoms with Crippen LogP contribution in [0, 0.1) is 0 Å². The molecule has 1 rings (SSSR count). The molecule has 1 aliphatic rings. The zero-order valence-corrected chi connectivity index (χ0v) is 8.90. The van der Waals surface area contributed by atoms with E-state index in [0.29, 0.717) is 0 Å². The Morgan fingerprint density at radius 3 is 2.38 bits per heavy atom. The van der Waals surface area contributed by atoms with Gasteiger partial charge in [-0.2, -0.15) is 0 Å². The van der Waals surface area contributed by atoms with Crippen LogP contribution in [0.25, 0.3) is 0 Å². The summed E-state index contributed by atoms with van der Waals surface area (Å²) in [6.45, 7) is -0.688. The SMILES string of the molecule is N[C@@H]1C(O)[C@@H](O)C(CO)O[C@H]1OP(=O)([O-])[O-]. The van der Waals surface area contributed by atoms with Crippen LogP contribution in [-0.4, -0.2) is 52.6 Å². The van der Waals surface area contributed by atoms with E-state index in [4.69, 9.17) is 15.6 Å². The van der Waals surface area contributed by atoms with Crippen molar-refractivity contribution in [3.63, 3.8) is 0 Å². The molecule has 0 aliphatic carbocycles. The highest BCUT2D eigenvalue weighted by atomic mass is 31.2. The number of aliphatic hydroxyl groups excluding tert-OH is 3. The van der Waals surface area contributed by atoms with Gasteiger partial charge in [-0.1, -0.05) is 0 Å². The molecule has 0 saturated carbocycles. The summed E-state index contributed by atoms with van der Waals surface area (Å²) in [6, 6.07) is -1.41. The van der Waals surface area contributed by atoms with Crippen LogP contribution in [0.3, 0.4) is 0 Å². The molecule has 10 heteroatoms. The van der Waals surface area contributed by atoms with Crippen molar-refractivity contribution in [2.75, 3.05) is 6.61 Å². The Morgan fingerprint density at radius 2 is 1.94 bits per heavy atom. The van der Waals surface area contributed by atoms with Gasteiger partial charge in [-0.15, -0.1) is 0 Å². The molecule has 5 N–H and O–H groups in total. The number of nitrogens with two attached hydrogens (primary N) is 1. The van der Waals surface area contributed by atoms with Gasteiger partial charge in [0.25, 0.3) is 0 Å². The number of aliphatic hydroxyl groups is 3. The number of phosphoric acid groups is 1. The first-order chi connectivity index (χ1) is 7.26. The van der Waals surface area contributed by atoms with E-state index in [1.165, 1.54) is 0 Å². The van der Waals surface area contributed by atoms with Gasteiger partial charge in [-0.05, 0) is 0 Å². The number of ether oxygens (including phenoxy) is 1. The summed E-state index contributed by atoms with van der Waals surface area (Å²) in [7, 11) is -5.33. The zero-order chi connectivity index (χ0) is 12.5. The molecule has 1 aliphatic heterocycles. The fourth-order valence-corrected chi connectivity index (χ4v) is 1.77. The third kappa shape index (κ3) is 3.20. The molecule has 0 radical (unpaired) electrons. The second kappa shape index (κ2) is 5.05. The Balaban J connectivity index is 2.75. The first kappa shape index (κ1) is 14.0. The normalized spacial score (nSPS) is 41.0. The zero-order valence-electron chi connectivity index (χ0n) is 8.00. The van der Waals surface area contributed by atoms with Crippen LogP contribution in [0.5, 0.6) is 0 Å². The largest absolute Gasteiger partial charge is 0.790 e. The fourth-order valence-electron chi connectivity index (χ4n) is 1.33. The Morgan fingerprint density at radius 1 is 1.38 bits per heavy atom. The summed E-state index contributed by atoms with van der Waals surface area (Å²) in [4.78, 5) is 20.7. The summed E-state index contributed by atoms with van der Waals surface area (Å²) in [5, 5.41) is 27.5. The van der Waals surface area contributed by atoms with Gasteiger partial charge in [0, 0.05) is 0 Å². The van der Waals surface area contributed by atoms with E-state index in [-0.39, 0.29) is 0 Å². The summed E-state index contributed by atoms with van der Waals surface area (Å²) < 4.78 is 19.0. The van der Waals surface area contributed by atoms with Crippen LogP contribution in [0.1, 0.15) is 0 Å². The Labute approximate surface area is 90.6 Å².